The Balaban J connectivity index is 2.17. The molecule has 0 spiro atoms. The van der Waals surface area contributed by atoms with Crippen LogP contribution in [0.3, 0.4) is 0 Å². The van der Waals surface area contributed by atoms with Crippen molar-refractivity contribution in [1.82, 2.24) is 15.1 Å². The Morgan fingerprint density at radius 3 is 2.48 bits per heavy atom. The van der Waals surface area contributed by atoms with Crippen molar-refractivity contribution < 1.29 is 44.7 Å². The summed E-state index contributed by atoms with van der Waals surface area (Å²) in [7, 11) is 1.27. The second-order valence-electron chi connectivity index (χ2n) is 6.76. The molecule has 164 valence electrons. The first-order chi connectivity index (χ1) is 13.5. The predicted octanol–water partition coefficient (Wildman–Crippen LogP) is -4.32. The number of nitrogens with zero attached hydrogens (tertiary/aromatic N) is 2. The van der Waals surface area contributed by atoms with E-state index in [-0.39, 0.29) is 13.0 Å². The summed E-state index contributed by atoms with van der Waals surface area (Å²) >= 11 is 0.757. The fourth-order valence-electron chi connectivity index (χ4n) is 3.07. The van der Waals surface area contributed by atoms with Crippen LogP contribution in [0.15, 0.2) is 0 Å². The summed E-state index contributed by atoms with van der Waals surface area (Å²) in [6, 6.07) is -4.00. The van der Waals surface area contributed by atoms with Gasteiger partial charge in [0.25, 0.3) is 0 Å². The third kappa shape index (κ3) is 4.62. The van der Waals surface area contributed by atoms with Crippen LogP contribution >= 0.6 is 11.8 Å². The summed E-state index contributed by atoms with van der Waals surface area (Å²) in [6.07, 6.45) is -5.01. The average molecular weight is 436 g/mol. The van der Waals surface area contributed by atoms with Crippen molar-refractivity contribution in [2.75, 3.05) is 20.2 Å². The van der Waals surface area contributed by atoms with Crippen molar-refractivity contribution in [1.29, 1.82) is 0 Å². The van der Waals surface area contributed by atoms with Crippen LogP contribution in [0.5, 0.6) is 0 Å². The van der Waals surface area contributed by atoms with Gasteiger partial charge in [-0.25, -0.2) is 9.59 Å². The summed E-state index contributed by atoms with van der Waals surface area (Å²) < 4.78 is 0. The fourth-order valence-corrected chi connectivity index (χ4v) is 4.69. The van der Waals surface area contributed by atoms with Gasteiger partial charge in [0.05, 0.1) is 24.1 Å². The summed E-state index contributed by atoms with van der Waals surface area (Å²) in [4.78, 5) is 49.3. The lowest BCUT2D eigenvalue weighted by Crippen LogP contribution is -2.58. The van der Waals surface area contributed by atoms with E-state index in [9.17, 15) is 39.6 Å². The molecule has 2 saturated heterocycles. The van der Waals surface area contributed by atoms with Crippen LogP contribution < -0.4 is 11.1 Å². The van der Waals surface area contributed by atoms with E-state index in [2.05, 4.69) is 0 Å². The number of carboxylic acids is 1. The van der Waals surface area contributed by atoms with Crippen molar-refractivity contribution in [2.45, 2.75) is 47.4 Å². The third-order valence-electron chi connectivity index (χ3n) is 4.83. The van der Waals surface area contributed by atoms with Crippen LogP contribution in [-0.2, 0) is 14.4 Å². The third-order valence-corrected chi connectivity index (χ3v) is 6.52. The van der Waals surface area contributed by atoms with E-state index >= 15 is 0 Å². The number of nitrogens with two attached hydrogens (primary N) is 1. The second-order valence-corrected chi connectivity index (χ2v) is 8.05. The summed E-state index contributed by atoms with van der Waals surface area (Å²) in [5.41, 5.74) is 5.32. The van der Waals surface area contributed by atoms with E-state index in [1.54, 1.807) is 0 Å². The quantitative estimate of drug-likeness (QED) is 0.203. The highest BCUT2D eigenvalue weighted by Crippen LogP contribution is 2.40. The molecule has 4 amide bonds. The minimum Gasteiger partial charge on any atom is -0.480 e. The maximum Gasteiger partial charge on any atom is 0.328 e. The van der Waals surface area contributed by atoms with Crippen LogP contribution in [0.25, 0.3) is 0 Å². The molecule has 0 saturated carbocycles. The van der Waals surface area contributed by atoms with Gasteiger partial charge in [-0.15, -0.1) is 11.8 Å². The van der Waals surface area contributed by atoms with Gasteiger partial charge in [-0.3, -0.25) is 14.5 Å². The summed E-state index contributed by atoms with van der Waals surface area (Å²) in [6.45, 7) is -0.768. The van der Waals surface area contributed by atoms with Gasteiger partial charge in [-0.1, -0.05) is 0 Å². The van der Waals surface area contributed by atoms with E-state index in [4.69, 9.17) is 10.8 Å². The molecule has 0 radical (unpaired) electrons. The van der Waals surface area contributed by atoms with Gasteiger partial charge < -0.3 is 41.5 Å². The normalized spacial score (nSPS) is 30.8. The van der Waals surface area contributed by atoms with Gasteiger partial charge in [0, 0.05) is 20.0 Å². The Morgan fingerprint density at radius 2 is 1.93 bits per heavy atom. The number of hydrogen-bond acceptors (Lipinski definition) is 10. The van der Waals surface area contributed by atoms with E-state index in [0.29, 0.717) is 0 Å². The highest BCUT2D eigenvalue weighted by molar-refractivity contribution is 8.00. The van der Waals surface area contributed by atoms with Crippen molar-refractivity contribution in [3.05, 3.63) is 0 Å². The minimum absolute atomic E-state index is 0.00217. The Kier molecular flexibility index (Phi) is 7.42. The number of carbonyl (C=O) groups is 4. The first kappa shape index (κ1) is 23.3. The van der Waals surface area contributed by atoms with E-state index in [0.717, 1.165) is 21.6 Å². The zero-order valence-corrected chi connectivity index (χ0v) is 16.2. The maximum atomic E-state index is 12.3. The molecule has 0 aromatic rings. The molecule has 0 unspecified atom stereocenters. The molecule has 7 atom stereocenters. The number of aliphatic hydroxyl groups is 4. The van der Waals surface area contributed by atoms with Crippen molar-refractivity contribution >= 4 is 35.6 Å². The van der Waals surface area contributed by atoms with Gasteiger partial charge in [0.2, 0.25) is 11.8 Å². The number of nitrogens with one attached hydrogen (secondary N) is 1. The smallest absolute Gasteiger partial charge is 0.328 e. The lowest BCUT2D eigenvalue weighted by Gasteiger charge is -2.36. The number of aliphatic carboxylic acids is 1. The van der Waals surface area contributed by atoms with Gasteiger partial charge in [-0.2, -0.15) is 0 Å². The first-order valence-electron chi connectivity index (χ1n) is 8.67. The summed E-state index contributed by atoms with van der Waals surface area (Å²) in [5.74, 6) is -3.06. The van der Waals surface area contributed by atoms with Gasteiger partial charge in [-0.05, 0) is 0 Å². The molecule has 0 bridgehead atoms. The molecule has 0 aromatic carbocycles. The zero-order valence-electron chi connectivity index (χ0n) is 15.4. The Hall–Kier alpha value is -1.97. The van der Waals surface area contributed by atoms with Crippen molar-refractivity contribution in [2.24, 2.45) is 5.73 Å². The molecule has 2 fully saturated rings. The summed E-state index contributed by atoms with van der Waals surface area (Å²) in [5, 5.41) is 49.1. The lowest BCUT2D eigenvalue weighted by atomic mass is 10.00. The SMILES string of the molecule is CN1C(=O)CCN([C@@H]2S[C@H]([C@@H](O)[C@@H](NC(=O)[C@@H](N)CO)C(=O)O)[C@H](O)[C@H]2O)C1=O. The van der Waals surface area contributed by atoms with E-state index in [1.165, 1.54) is 7.05 Å². The van der Waals surface area contributed by atoms with Gasteiger partial charge >= 0.3 is 12.0 Å². The number of thioether (sulfide) groups is 1. The average Bonchev–Trinajstić information content (AvgIpc) is 2.97. The number of carboxylic acid groups (broad SMARTS) is 1. The van der Waals surface area contributed by atoms with Crippen molar-refractivity contribution in [3.63, 3.8) is 0 Å². The standard InChI is InChI=1S/C15H24N4O9S/c1-18-6(21)2-3-19(15(18)28)13-10(24)9(23)11(29-13)8(22)7(14(26)27)17-12(25)5(16)4-20/h5,7-11,13,20,22-24H,2-4,16H2,1H3,(H,17,25)(H,26,27)/t5-,7+,8-,9+,10+,11+,13+/m0/s1. The molecule has 0 aromatic heterocycles. The van der Waals surface area contributed by atoms with Crippen molar-refractivity contribution in [3.8, 4) is 0 Å². The molecule has 2 rings (SSSR count). The van der Waals surface area contributed by atoms with Crippen LogP contribution in [0.1, 0.15) is 6.42 Å². The van der Waals surface area contributed by atoms with E-state index in [1.807, 2.05) is 5.32 Å². The maximum absolute atomic E-state index is 12.3. The molecule has 2 aliphatic rings. The Labute approximate surface area is 169 Å². The molecule has 29 heavy (non-hydrogen) atoms. The first-order valence-corrected chi connectivity index (χ1v) is 9.62. The van der Waals surface area contributed by atoms with Crippen LogP contribution in [0.2, 0.25) is 0 Å². The fraction of sp³-hybridized carbons (Fsp3) is 0.733. The number of hydrogen-bond donors (Lipinski definition) is 7. The second kappa shape index (κ2) is 9.23. The number of rotatable bonds is 7. The monoisotopic (exact) mass is 436 g/mol. The number of amides is 4. The highest BCUT2D eigenvalue weighted by Gasteiger charge is 2.52. The Morgan fingerprint density at radius 1 is 1.31 bits per heavy atom. The molecule has 13 nitrogen and oxygen atoms in total. The highest BCUT2D eigenvalue weighted by atomic mass is 32.2. The number of imide groups is 1. The van der Waals surface area contributed by atoms with Gasteiger partial charge in [0.1, 0.15) is 17.5 Å². The lowest BCUT2D eigenvalue weighted by molar-refractivity contribution is -0.146. The van der Waals surface area contributed by atoms with E-state index < -0.39 is 71.4 Å². The topological polar surface area (TPSA) is 214 Å². The largest absolute Gasteiger partial charge is 0.480 e. The van der Waals surface area contributed by atoms with Crippen LogP contribution in [0, 0.1) is 0 Å². The predicted molar refractivity (Wildman–Crippen MR) is 97.3 cm³/mol. The molecule has 8 N–H and O–H groups in total. The van der Waals surface area contributed by atoms with Crippen LogP contribution in [-0.4, -0.2) is 120 Å². The molecule has 0 aliphatic carbocycles. The molecule has 2 heterocycles. The molecule has 14 heteroatoms. The number of aliphatic hydroxyl groups excluding tert-OH is 4. The molecular formula is C15H24N4O9S. The van der Waals surface area contributed by atoms with Gasteiger partial charge in [0.15, 0.2) is 6.04 Å². The van der Waals surface area contributed by atoms with Crippen LogP contribution in [0.4, 0.5) is 4.79 Å². The zero-order chi connectivity index (χ0) is 22.0. The number of urea groups is 1. The molecule has 2 aliphatic heterocycles. The minimum atomic E-state index is -1.89. The number of carbonyl (C=O) groups excluding carboxylic acids is 3. The Bertz CT molecular complexity index is 680. The molecular weight excluding hydrogens is 412 g/mol.